The summed E-state index contributed by atoms with van der Waals surface area (Å²) in [5.41, 5.74) is 3.26. The standard InChI is InChI=1S/C13H10FN4O.C9H12NO.Au/c14-10-4-9(10)13(19)18-12-5-11(16-7-17-12)8-2-1-3-15-6-8;1-3-9(11)8-6-7(2)4-5-10-8;/h1,3,5-7,9-10H,4H2,(H,16,17,18,19);5-6,9,11H,3H2,1-2H3;/t9-,10+;9-;/m00./s1. The number of rotatable bonds is 7. The Morgan fingerprint density at radius 1 is 1.29 bits per heavy atom. The molecule has 1 aliphatic carbocycles. The Balaban J connectivity index is 1.58. The van der Waals surface area contributed by atoms with Crippen molar-refractivity contribution in [2.45, 2.75) is 39.0 Å². The first kappa shape index (κ1) is 21.7. The third kappa shape index (κ3) is 5.04. The average molecular weight is 604 g/mol. The van der Waals surface area contributed by atoms with Crippen molar-refractivity contribution in [3.05, 3.63) is 54.4 Å². The second-order valence-electron chi connectivity index (χ2n) is 7.27. The van der Waals surface area contributed by atoms with Crippen LogP contribution in [0.1, 0.15) is 37.1 Å². The van der Waals surface area contributed by atoms with E-state index in [0.29, 0.717) is 23.6 Å². The van der Waals surface area contributed by atoms with Crippen LogP contribution < -0.4 is 12.9 Å². The number of alkyl halides is 1. The quantitative estimate of drug-likeness (QED) is 0.401. The van der Waals surface area contributed by atoms with Crippen molar-refractivity contribution in [1.82, 2.24) is 19.9 Å². The molecule has 2 N–H and O–H groups in total. The van der Waals surface area contributed by atoms with Gasteiger partial charge < -0.3 is 0 Å². The van der Waals surface area contributed by atoms with Crippen molar-refractivity contribution in [3.8, 4) is 11.3 Å². The Morgan fingerprint density at radius 3 is 2.81 bits per heavy atom. The van der Waals surface area contributed by atoms with Crippen LogP contribution in [-0.4, -0.2) is 37.1 Å². The summed E-state index contributed by atoms with van der Waals surface area (Å²) in [6, 6.07) is 5.58. The van der Waals surface area contributed by atoms with Gasteiger partial charge in [-0.05, 0) is 0 Å². The number of nitrogens with one attached hydrogen (secondary N) is 1. The van der Waals surface area contributed by atoms with Crippen molar-refractivity contribution >= 4 is 19.3 Å². The van der Waals surface area contributed by atoms with Crippen molar-refractivity contribution in [3.63, 3.8) is 0 Å². The van der Waals surface area contributed by atoms with Crippen LogP contribution >= 0.6 is 0 Å². The number of hydrogen-bond acceptors (Lipinski definition) is 6. The molecule has 3 heterocycles. The predicted octanol–water partition coefficient (Wildman–Crippen LogP) is 2.02. The summed E-state index contributed by atoms with van der Waals surface area (Å²) >= 11 is -0.454. The maximum absolute atomic E-state index is 13.1. The fourth-order valence-corrected chi connectivity index (χ4v) is 5.49. The number of aliphatic hydroxyl groups is 1. The van der Waals surface area contributed by atoms with E-state index < -0.39 is 37.9 Å². The number of aliphatic hydroxyl groups excluding tert-OH is 1. The average Bonchev–Trinajstić information content (AvgIpc) is 3.52. The van der Waals surface area contributed by atoms with E-state index in [2.05, 4.69) is 25.3 Å². The predicted molar refractivity (Wildman–Crippen MR) is 110 cm³/mol. The molecule has 3 aromatic heterocycles. The van der Waals surface area contributed by atoms with Gasteiger partial charge in [0.1, 0.15) is 0 Å². The molecule has 1 amide bonds. The first-order chi connectivity index (χ1) is 15.0. The van der Waals surface area contributed by atoms with Crippen LogP contribution in [0, 0.1) is 12.8 Å². The third-order valence-corrected chi connectivity index (χ3v) is 8.14. The Kier molecular flexibility index (Phi) is 6.52. The van der Waals surface area contributed by atoms with E-state index in [-0.39, 0.29) is 12.3 Å². The monoisotopic (exact) mass is 604 g/mol. The molecular weight excluding hydrogens is 582 g/mol. The molecule has 3 atom stereocenters. The molecule has 165 valence electrons. The van der Waals surface area contributed by atoms with Crippen LogP contribution in [0.3, 0.4) is 0 Å². The summed E-state index contributed by atoms with van der Waals surface area (Å²) in [5.74, 6) is -0.593. The second kappa shape index (κ2) is 9.32. The molecule has 9 heteroatoms. The number of pyridine rings is 2. The van der Waals surface area contributed by atoms with Gasteiger partial charge in [0.15, 0.2) is 0 Å². The van der Waals surface area contributed by atoms with Crippen LogP contribution in [0.15, 0.2) is 43.1 Å². The normalized spacial score (nSPS) is 18.6. The van der Waals surface area contributed by atoms with Gasteiger partial charge >= 0.3 is 189 Å². The summed E-state index contributed by atoms with van der Waals surface area (Å²) in [5, 5.41) is 12.7. The van der Waals surface area contributed by atoms with Crippen molar-refractivity contribution in [2.75, 3.05) is 5.32 Å². The minimum absolute atomic E-state index is 0.266. The van der Waals surface area contributed by atoms with Gasteiger partial charge in [-0.1, -0.05) is 0 Å². The molecule has 1 aliphatic rings. The number of halogens is 1. The van der Waals surface area contributed by atoms with Gasteiger partial charge in [-0.25, -0.2) is 0 Å². The van der Waals surface area contributed by atoms with Gasteiger partial charge in [-0.3, -0.25) is 0 Å². The van der Waals surface area contributed by atoms with E-state index in [0.717, 1.165) is 18.7 Å². The maximum atomic E-state index is 13.1. The van der Waals surface area contributed by atoms with E-state index in [1.165, 1.54) is 6.33 Å². The number of amides is 1. The van der Waals surface area contributed by atoms with E-state index in [1.807, 2.05) is 32.2 Å². The van der Waals surface area contributed by atoms with E-state index >= 15 is 0 Å². The molecule has 0 radical (unpaired) electrons. The number of carbonyl (C=O) groups is 1. The van der Waals surface area contributed by atoms with E-state index in [1.54, 1.807) is 18.5 Å². The topological polar surface area (TPSA) is 101 Å². The van der Waals surface area contributed by atoms with Crippen LogP contribution in [0.4, 0.5) is 10.2 Å². The van der Waals surface area contributed by atoms with Crippen LogP contribution in [0.2, 0.25) is 0 Å². The fraction of sp³-hybridized carbons (Fsp3) is 0.318. The Morgan fingerprint density at radius 2 is 2.10 bits per heavy atom. The van der Waals surface area contributed by atoms with Crippen molar-refractivity contribution in [2.24, 2.45) is 5.92 Å². The van der Waals surface area contributed by atoms with Gasteiger partial charge in [0.25, 0.3) is 0 Å². The molecule has 0 saturated heterocycles. The molecule has 3 aromatic rings. The zero-order chi connectivity index (χ0) is 22.0. The Hall–Kier alpha value is -2.52. The van der Waals surface area contributed by atoms with E-state index in [4.69, 9.17) is 0 Å². The van der Waals surface area contributed by atoms with Gasteiger partial charge in [0.2, 0.25) is 0 Å². The van der Waals surface area contributed by atoms with Crippen molar-refractivity contribution in [1.29, 1.82) is 0 Å². The number of nitrogens with zero attached hydrogens (tertiary/aromatic N) is 4. The molecule has 0 spiro atoms. The summed E-state index contributed by atoms with van der Waals surface area (Å²) in [6.45, 7) is 3.94. The Labute approximate surface area is 188 Å². The molecule has 0 aromatic carbocycles. The third-order valence-electron chi connectivity index (χ3n) is 4.90. The molecule has 1 saturated carbocycles. The summed E-state index contributed by atoms with van der Waals surface area (Å²) in [6.07, 6.45) is 5.98. The number of aromatic nitrogens is 4. The van der Waals surface area contributed by atoms with Gasteiger partial charge in [-0.2, -0.15) is 0 Å². The van der Waals surface area contributed by atoms with Gasteiger partial charge in [0.05, 0.1) is 0 Å². The molecule has 7 nitrogen and oxygen atoms in total. The molecular formula is C22H22AuFN5O2. The molecule has 1 fully saturated rings. The van der Waals surface area contributed by atoms with Crippen LogP contribution in [0.25, 0.3) is 11.3 Å². The number of anilines is 1. The molecule has 0 bridgehead atoms. The molecule has 0 unspecified atom stereocenters. The fourth-order valence-electron chi connectivity index (χ4n) is 2.95. The molecule has 4 rings (SSSR count). The zero-order valence-electron chi connectivity index (χ0n) is 17.0. The van der Waals surface area contributed by atoms with Gasteiger partial charge in [-0.15, -0.1) is 0 Å². The first-order valence-electron chi connectivity index (χ1n) is 9.89. The van der Waals surface area contributed by atoms with Gasteiger partial charge in [0, 0.05) is 0 Å². The van der Waals surface area contributed by atoms with Crippen molar-refractivity contribution < 1.29 is 34.0 Å². The zero-order valence-corrected chi connectivity index (χ0v) is 19.2. The second-order valence-corrected chi connectivity index (χ2v) is 10.1. The number of carbonyl (C=O) groups excluding carboxylic acids is 1. The first-order valence-corrected chi connectivity index (χ1v) is 12.1. The molecule has 0 aliphatic heterocycles. The number of aryl methyl sites for hydroxylation is 1. The van der Waals surface area contributed by atoms with Crippen LogP contribution in [0.5, 0.6) is 0 Å². The number of hydrogen-bond donors (Lipinski definition) is 2. The SMILES string of the molecule is CC[C@H](O)c1cc(C)[c]([Au][c]2ccncc2-c2cc(NC(=O)[C@H]3C[C@H]3F)ncn2)cn1. The van der Waals surface area contributed by atoms with Crippen LogP contribution in [-0.2, 0) is 24.5 Å². The van der Waals surface area contributed by atoms with E-state index in [9.17, 15) is 14.3 Å². The summed E-state index contributed by atoms with van der Waals surface area (Å²) in [7, 11) is 0. The molecule has 31 heavy (non-hydrogen) atoms. The Bertz CT molecular complexity index is 1110. The summed E-state index contributed by atoms with van der Waals surface area (Å²) in [4.78, 5) is 29.2. The minimum atomic E-state index is -1.06. The summed E-state index contributed by atoms with van der Waals surface area (Å²) < 4.78 is 15.4.